The van der Waals surface area contributed by atoms with Gasteiger partial charge < -0.3 is 9.88 Å². The molecule has 0 amide bonds. The molecule has 6 nitrogen and oxygen atoms in total. The standard InChI is InChI=1S/C9H12N6/c1-6-7-2-3-8(9-11-13-14-12-9)15(7)5-4-10-6/h2-3,6,10H,4-5H2,1H3,(H,11,12,13,14)/t6-/m0/s1. The highest BCUT2D eigenvalue weighted by atomic mass is 15.5. The van der Waals surface area contributed by atoms with Crippen LogP contribution < -0.4 is 5.32 Å². The molecule has 2 aromatic rings. The minimum absolute atomic E-state index is 0.388. The third-order valence-corrected chi connectivity index (χ3v) is 2.82. The summed E-state index contributed by atoms with van der Waals surface area (Å²) >= 11 is 0. The summed E-state index contributed by atoms with van der Waals surface area (Å²) in [7, 11) is 0. The molecule has 0 saturated heterocycles. The molecule has 6 heteroatoms. The van der Waals surface area contributed by atoms with E-state index < -0.39 is 0 Å². The summed E-state index contributed by atoms with van der Waals surface area (Å²) in [4.78, 5) is 0. The molecule has 2 N–H and O–H groups in total. The van der Waals surface area contributed by atoms with E-state index in [9.17, 15) is 0 Å². The lowest BCUT2D eigenvalue weighted by atomic mass is 10.2. The number of nitrogens with zero attached hydrogens (tertiary/aromatic N) is 4. The first-order valence-corrected chi connectivity index (χ1v) is 5.03. The predicted molar refractivity (Wildman–Crippen MR) is 54.0 cm³/mol. The van der Waals surface area contributed by atoms with Crippen LogP contribution in [0.25, 0.3) is 11.5 Å². The molecule has 3 rings (SSSR count). The van der Waals surface area contributed by atoms with Gasteiger partial charge in [0.2, 0.25) is 5.82 Å². The number of tetrazole rings is 1. The molecule has 0 aliphatic carbocycles. The molecule has 78 valence electrons. The molecule has 0 radical (unpaired) electrons. The van der Waals surface area contributed by atoms with Gasteiger partial charge in [-0.3, -0.25) is 0 Å². The highest BCUT2D eigenvalue weighted by Crippen LogP contribution is 2.24. The van der Waals surface area contributed by atoms with Crippen LogP contribution in [0.4, 0.5) is 0 Å². The number of nitrogens with one attached hydrogen (secondary N) is 2. The van der Waals surface area contributed by atoms with Crippen molar-refractivity contribution in [2.45, 2.75) is 19.5 Å². The second kappa shape index (κ2) is 3.16. The first-order valence-electron chi connectivity index (χ1n) is 5.03. The number of aromatic amines is 1. The van der Waals surface area contributed by atoms with E-state index in [4.69, 9.17) is 0 Å². The van der Waals surface area contributed by atoms with Crippen LogP contribution in [-0.2, 0) is 6.54 Å². The van der Waals surface area contributed by atoms with Crippen molar-refractivity contribution in [3.8, 4) is 11.5 Å². The minimum Gasteiger partial charge on any atom is -0.339 e. The van der Waals surface area contributed by atoms with Crippen molar-refractivity contribution in [2.75, 3.05) is 6.54 Å². The highest BCUT2D eigenvalue weighted by Gasteiger charge is 2.20. The average molecular weight is 204 g/mol. The Labute approximate surface area is 86.7 Å². The average Bonchev–Trinajstić information content (AvgIpc) is 2.85. The van der Waals surface area contributed by atoms with E-state index in [0.29, 0.717) is 11.9 Å². The van der Waals surface area contributed by atoms with Gasteiger partial charge in [-0.25, -0.2) is 0 Å². The third kappa shape index (κ3) is 1.25. The van der Waals surface area contributed by atoms with Gasteiger partial charge in [0.05, 0.1) is 5.69 Å². The molecule has 1 aliphatic heterocycles. The van der Waals surface area contributed by atoms with E-state index in [2.05, 4.69) is 43.5 Å². The second-order valence-electron chi connectivity index (χ2n) is 3.71. The van der Waals surface area contributed by atoms with Crippen LogP contribution in [0.1, 0.15) is 18.7 Å². The maximum absolute atomic E-state index is 4.00. The molecule has 0 spiro atoms. The summed E-state index contributed by atoms with van der Waals surface area (Å²) in [6, 6.07) is 4.55. The zero-order chi connectivity index (χ0) is 10.3. The van der Waals surface area contributed by atoms with Gasteiger partial charge in [-0.05, 0) is 24.3 Å². The normalized spacial score (nSPS) is 20.2. The number of aromatic nitrogens is 5. The van der Waals surface area contributed by atoms with E-state index in [-0.39, 0.29) is 0 Å². The fourth-order valence-electron chi connectivity index (χ4n) is 2.07. The van der Waals surface area contributed by atoms with Crippen molar-refractivity contribution >= 4 is 0 Å². The summed E-state index contributed by atoms with van der Waals surface area (Å²) in [6.07, 6.45) is 0. The van der Waals surface area contributed by atoms with Gasteiger partial charge in [-0.15, -0.1) is 10.2 Å². The Hall–Kier alpha value is -1.69. The maximum atomic E-state index is 4.00. The lowest BCUT2D eigenvalue weighted by Crippen LogP contribution is -2.31. The fraction of sp³-hybridized carbons (Fsp3) is 0.444. The first kappa shape index (κ1) is 8.60. The van der Waals surface area contributed by atoms with Gasteiger partial charge >= 0.3 is 0 Å². The number of hydrogen-bond donors (Lipinski definition) is 2. The summed E-state index contributed by atoms with van der Waals surface area (Å²) in [5, 5.41) is 17.5. The van der Waals surface area contributed by atoms with Crippen molar-refractivity contribution in [1.82, 2.24) is 30.5 Å². The van der Waals surface area contributed by atoms with E-state index >= 15 is 0 Å². The molecule has 0 bridgehead atoms. The van der Waals surface area contributed by atoms with Crippen LogP contribution in [0.15, 0.2) is 12.1 Å². The Morgan fingerprint density at radius 3 is 3.20 bits per heavy atom. The molecule has 15 heavy (non-hydrogen) atoms. The zero-order valence-electron chi connectivity index (χ0n) is 8.44. The molecule has 3 heterocycles. The van der Waals surface area contributed by atoms with Gasteiger partial charge in [-0.1, -0.05) is 0 Å². The largest absolute Gasteiger partial charge is 0.339 e. The summed E-state index contributed by atoms with van der Waals surface area (Å²) in [6.45, 7) is 4.09. The monoisotopic (exact) mass is 204 g/mol. The maximum Gasteiger partial charge on any atom is 0.221 e. The molecular formula is C9H12N6. The van der Waals surface area contributed by atoms with Crippen LogP contribution in [0.2, 0.25) is 0 Å². The first-order chi connectivity index (χ1) is 7.36. The summed E-state index contributed by atoms with van der Waals surface area (Å²) in [5.41, 5.74) is 2.31. The molecule has 0 fully saturated rings. The number of hydrogen-bond acceptors (Lipinski definition) is 4. The lowest BCUT2D eigenvalue weighted by molar-refractivity contribution is 0.450. The highest BCUT2D eigenvalue weighted by molar-refractivity contribution is 5.51. The number of fused-ring (bicyclic) bond motifs is 1. The Morgan fingerprint density at radius 2 is 2.40 bits per heavy atom. The van der Waals surface area contributed by atoms with E-state index in [0.717, 1.165) is 18.8 Å². The van der Waals surface area contributed by atoms with Crippen molar-refractivity contribution in [2.24, 2.45) is 0 Å². The molecule has 0 aromatic carbocycles. The predicted octanol–water partition coefficient (Wildman–Crippen LogP) is 0.332. The van der Waals surface area contributed by atoms with Crippen molar-refractivity contribution in [3.05, 3.63) is 17.8 Å². The zero-order valence-corrected chi connectivity index (χ0v) is 8.44. The smallest absolute Gasteiger partial charge is 0.221 e. The Morgan fingerprint density at radius 1 is 1.47 bits per heavy atom. The molecule has 1 atom stereocenters. The molecule has 2 aromatic heterocycles. The van der Waals surface area contributed by atoms with Crippen LogP contribution in [0, 0.1) is 0 Å². The van der Waals surface area contributed by atoms with Crippen LogP contribution in [0.5, 0.6) is 0 Å². The summed E-state index contributed by atoms with van der Waals surface area (Å²) in [5.74, 6) is 0.662. The molecule has 1 aliphatic rings. The van der Waals surface area contributed by atoms with E-state index in [1.165, 1.54) is 5.69 Å². The third-order valence-electron chi connectivity index (χ3n) is 2.82. The quantitative estimate of drug-likeness (QED) is 0.702. The van der Waals surface area contributed by atoms with E-state index in [1.54, 1.807) is 0 Å². The number of rotatable bonds is 1. The van der Waals surface area contributed by atoms with Crippen molar-refractivity contribution in [1.29, 1.82) is 0 Å². The topological polar surface area (TPSA) is 71.4 Å². The van der Waals surface area contributed by atoms with Crippen LogP contribution in [-0.4, -0.2) is 31.7 Å². The lowest BCUT2D eigenvalue weighted by Gasteiger charge is -2.24. The Kier molecular flexibility index (Phi) is 1.81. The molecular weight excluding hydrogens is 192 g/mol. The molecule has 0 unspecified atom stereocenters. The Bertz CT molecular complexity index is 457. The van der Waals surface area contributed by atoms with Crippen molar-refractivity contribution < 1.29 is 0 Å². The van der Waals surface area contributed by atoms with Crippen LogP contribution in [0.3, 0.4) is 0 Å². The minimum atomic E-state index is 0.388. The SMILES string of the molecule is C[C@@H]1NCCn2c(-c3nn[nH]n3)ccc21. The molecule has 0 saturated carbocycles. The Balaban J connectivity index is 2.11. The second-order valence-corrected chi connectivity index (χ2v) is 3.71. The van der Waals surface area contributed by atoms with Crippen molar-refractivity contribution in [3.63, 3.8) is 0 Å². The van der Waals surface area contributed by atoms with Gasteiger partial charge in [0, 0.05) is 24.8 Å². The summed E-state index contributed by atoms with van der Waals surface area (Å²) < 4.78 is 2.24. The van der Waals surface area contributed by atoms with Crippen LogP contribution >= 0.6 is 0 Å². The van der Waals surface area contributed by atoms with Gasteiger partial charge in [0.25, 0.3) is 0 Å². The fourth-order valence-corrected chi connectivity index (χ4v) is 2.07. The van der Waals surface area contributed by atoms with Gasteiger partial charge in [0.15, 0.2) is 0 Å². The number of H-pyrrole nitrogens is 1. The van der Waals surface area contributed by atoms with E-state index in [1.807, 2.05) is 6.07 Å². The van der Waals surface area contributed by atoms with Gasteiger partial charge in [-0.2, -0.15) is 5.21 Å². The van der Waals surface area contributed by atoms with Gasteiger partial charge in [0.1, 0.15) is 0 Å².